The summed E-state index contributed by atoms with van der Waals surface area (Å²) < 4.78 is 0. The maximum Gasteiger partial charge on any atom is 0.314 e. The van der Waals surface area contributed by atoms with E-state index >= 15 is 0 Å². The molecule has 0 aliphatic heterocycles. The van der Waals surface area contributed by atoms with Crippen molar-refractivity contribution in [3.05, 3.63) is 0 Å². The minimum Gasteiger partial charge on any atom is -0.338 e. The first-order valence-corrected chi connectivity index (χ1v) is 7.57. The van der Waals surface area contributed by atoms with Crippen LogP contribution in [0.4, 0.5) is 4.79 Å². The SMILES string of the molecule is CCCCNC(=O)NCC1(N)CC(C)CC(C)(C)C1. The van der Waals surface area contributed by atoms with Crippen molar-refractivity contribution in [3.8, 4) is 0 Å². The lowest BCUT2D eigenvalue weighted by molar-refractivity contribution is 0.108. The fourth-order valence-corrected chi connectivity index (χ4v) is 3.64. The molecule has 4 N–H and O–H groups in total. The summed E-state index contributed by atoms with van der Waals surface area (Å²) >= 11 is 0. The van der Waals surface area contributed by atoms with E-state index in [4.69, 9.17) is 5.73 Å². The van der Waals surface area contributed by atoms with Crippen molar-refractivity contribution in [1.29, 1.82) is 0 Å². The van der Waals surface area contributed by atoms with Gasteiger partial charge in [0.1, 0.15) is 0 Å². The quantitative estimate of drug-likeness (QED) is 0.672. The van der Waals surface area contributed by atoms with E-state index in [9.17, 15) is 4.79 Å². The van der Waals surface area contributed by atoms with Gasteiger partial charge in [0.2, 0.25) is 0 Å². The first-order valence-electron chi connectivity index (χ1n) is 7.57. The van der Waals surface area contributed by atoms with Crippen LogP contribution in [0, 0.1) is 11.3 Å². The van der Waals surface area contributed by atoms with E-state index in [1.54, 1.807) is 0 Å². The van der Waals surface area contributed by atoms with Crippen LogP contribution in [0.1, 0.15) is 59.8 Å². The number of rotatable bonds is 5. The number of amides is 2. The second-order valence-electron chi connectivity index (χ2n) is 7.18. The van der Waals surface area contributed by atoms with E-state index in [1.807, 2.05) is 0 Å². The standard InChI is InChI=1S/C15H31N3O/c1-5-6-7-17-13(19)18-11-15(16)9-12(2)8-14(3,4)10-15/h12H,5-11,16H2,1-4H3,(H2,17,18,19). The number of hydrogen-bond acceptors (Lipinski definition) is 2. The fraction of sp³-hybridized carbons (Fsp3) is 0.933. The molecule has 0 spiro atoms. The second-order valence-corrected chi connectivity index (χ2v) is 7.18. The first-order chi connectivity index (χ1) is 8.76. The number of nitrogens with one attached hydrogen (secondary N) is 2. The Labute approximate surface area is 117 Å². The zero-order valence-electron chi connectivity index (χ0n) is 13.0. The van der Waals surface area contributed by atoms with Crippen LogP contribution in [-0.2, 0) is 0 Å². The van der Waals surface area contributed by atoms with Gasteiger partial charge in [0.05, 0.1) is 0 Å². The molecule has 0 bridgehead atoms. The van der Waals surface area contributed by atoms with Gasteiger partial charge in [-0.3, -0.25) is 0 Å². The van der Waals surface area contributed by atoms with Gasteiger partial charge < -0.3 is 16.4 Å². The largest absolute Gasteiger partial charge is 0.338 e. The molecule has 2 unspecified atom stereocenters. The third kappa shape index (κ3) is 5.81. The van der Waals surface area contributed by atoms with Crippen LogP contribution in [0.25, 0.3) is 0 Å². The lowest BCUT2D eigenvalue weighted by atomic mass is 9.64. The summed E-state index contributed by atoms with van der Waals surface area (Å²) in [5.74, 6) is 0.624. The molecule has 1 aliphatic carbocycles. The maximum absolute atomic E-state index is 11.7. The Hall–Kier alpha value is -0.770. The minimum absolute atomic E-state index is 0.0886. The Kier molecular flexibility index (Phi) is 5.65. The second kappa shape index (κ2) is 6.60. The Morgan fingerprint density at radius 3 is 2.58 bits per heavy atom. The predicted octanol–water partition coefficient (Wildman–Crippen LogP) is 2.63. The molecule has 2 atom stereocenters. The van der Waals surface area contributed by atoms with Crippen LogP contribution in [0.15, 0.2) is 0 Å². The van der Waals surface area contributed by atoms with Crippen LogP contribution < -0.4 is 16.4 Å². The summed E-state index contributed by atoms with van der Waals surface area (Å²) in [5, 5.41) is 5.80. The van der Waals surface area contributed by atoms with Gasteiger partial charge in [-0.15, -0.1) is 0 Å². The van der Waals surface area contributed by atoms with Crippen molar-refractivity contribution in [2.45, 2.75) is 65.3 Å². The van der Waals surface area contributed by atoms with Crippen molar-refractivity contribution < 1.29 is 4.79 Å². The third-order valence-corrected chi connectivity index (χ3v) is 3.90. The molecule has 19 heavy (non-hydrogen) atoms. The van der Waals surface area contributed by atoms with E-state index in [0.29, 0.717) is 12.5 Å². The average Bonchev–Trinajstić information content (AvgIpc) is 2.23. The van der Waals surface area contributed by atoms with Crippen LogP contribution >= 0.6 is 0 Å². The van der Waals surface area contributed by atoms with Crippen LogP contribution in [-0.4, -0.2) is 24.7 Å². The summed E-state index contributed by atoms with van der Waals surface area (Å²) in [5.41, 5.74) is 6.50. The van der Waals surface area contributed by atoms with Crippen molar-refractivity contribution in [2.24, 2.45) is 17.1 Å². The highest BCUT2D eigenvalue weighted by molar-refractivity contribution is 5.73. The van der Waals surface area contributed by atoms with Crippen LogP contribution in [0.2, 0.25) is 0 Å². The molecule has 0 aromatic rings. The average molecular weight is 269 g/mol. The lowest BCUT2D eigenvalue weighted by Gasteiger charge is -2.45. The zero-order chi connectivity index (χ0) is 14.5. The van der Waals surface area contributed by atoms with Gasteiger partial charge in [-0.1, -0.05) is 34.1 Å². The number of carbonyl (C=O) groups excluding carboxylic acids is 1. The van der Waals surface area contributed by atoms with Crippen LogP contribution in [0.3, 0.4) is 0 Å². The highest BCUT2D eigenvalue weighted by atomic mass is 16.2. The summed E-state index contributed by atoms with van der Waals surface area (Å²) in [7, 11) is 0. The highest BCUT2D eigenvalue weighted by Crippen LogP contribution is 2.42. The van der Waals surface area contributed by atoms with Crippen molar-refractivity contribution in [3.63, 3.8) is 0 Å². The van der Waals surface area contributed by atoms with E-state index in [0.717, 1.165) is 32.2 Å². The molecule has 0 aromatic carbocycles. The van der Waals surface area contributed by atoms with Gasteiger partial charge in [0, 0.05) is 18.6 Å². The van der Waals surface area contributed by atoms with Crippen molar-refractivity contribution in [1.82, 2.24) is 10.6 Å². The molecule has 0 saturated heterocycles. The van der Waals surface area contributed by atoms with Gasteiger partial charge in [-0.05, 0) is 37.0 Å². The first kappa shape index (κ1) is 16.3. The molecule has 112 valence electrons. The lowest BCUT2D eigenvalue weighted by Crippen LogP contribution is -2.57. The van der Waals surface area contributed by atoms with Crippen molar-refractivity contribution >= 4 is 6.03 Å². The van der Waals surface area contributed by atoms with Gasteiger partial charge in [-0.2, -0.15) is 0 Å². The third-order valence-electron chi connectivity index (χ3n) is 3.90. The molecule has 4 heteroatoms. The fourth-order valence-electron chi connectivity index (χ4n) is 3.64. The van der Waals surface area contributed by atoms with Crippen molar-refractivity contribution in [2.75, 3.05) is 13.1 Å². The number of carbonyl (C=O) groups is 1. The van der Waals surface area contributed by atoms with Gasteiger partial charge in [0.15, 0.2) is 0 Å². The molecule has 1 saturated carbocycles. The molecule has 0 radical (unpaired) electrons. The normalized spacial score (nSPS) is 29.8. The molecule has 0 aromatic heterocycles. The maximum atomic E-state index is 11.7. The monoisotopic (exact) mass is 269 g/mol. The molecule has 1 aliphatic rings. The molecule has 0 heterocycles. The van der Waals surface area contributed by atoms with E-state index in [2.05, 4.69) is 38.3 Å². The molecule has 4 nitrogen and oxygen atoms in total. The van der Waals surface area contributed by atoms with Gasteiger partial charge in [0.25, 0.3) is 0 Å². The summed E-state index contributed by atoms with van der Waals surface area (Å²) in [6.45, 7) is 10.2. The zero-order valence-corrected chi connectivity index (χ0v) is 13.0. The van der Waals surface area contributed by atoms with E-state index in [1.165, 1.54) is 6.42 Å². The van der Waals surface area contributed by atoms with E-state index < -0.39 is 0 Å². The van der Waals surface area contributed by atoms with Gasteiger partial charge in [-0.25, -0.2) is 4.79 Å². The Bertz CT molecular complexity index is 304. The Morgan fingerprint density at radius 1 is 1.32 bits per heavy atom. The Balaban J connectivity index is 2.40. The topological polar surface area (TPSA) is 67.2 Å². The molecular formula is C15H31N3O. The predicted molar refractivity (Wildman–Crippen MR) is 80.0 cm³/mol. The smallest absolute Gasteiger partial charge is 0.314 e. The van der Waals surface area contributed by atoms with Gasteiger partial charge >= 0.3 is 6.03 Å². The molecule has 2 amide bonds. The molecule has 1 fully saturated rings. The number of nitrogens with two attached hydrogens (primary N) is 1. The number of hydrogen-bond donors (Lipinski definition) is 3. The molecular weight excluding hydrogens is 238 g/mol. The van der Waals surface area contributed by atoms with Crippen LogP contribution in [0.5, 0.6) is 0 Å². The molecule has 1 rings (SSSR count). The Morgan fingerprint density at radius 2 is 2.00 bits per heavy atom. The summed E-state index contributed by atoms with van der Waals surface area (Å²) in [6.07, 6.45) is 5.29. The summed E-state index contributed by atoms with van der Waals surface area (Å²) in [6, 6.07) is -0.0886. The number of unbranched alkanes of at least 4 members (excludes halogenated alkanes) is 1. The highest BCUT2D eigenvalue weighted by Gasteiger charge is 2.40. The minimum atomic E-state index is -0.261. The summed E-state index contributed by atoms with van der Waals surface area (Å²) in [4.78, 5) is 11.7. The number of urea groups is 1. The van der Waals surface area contributed by atoms with E-state index in [-0.39, 0.29) is 17.0 Å².